The average molecular weight is 437 g/mol. The van der Waals surface area contributed by atoms with Crippen molar-refractivity contribution in [3.05, 3.63) is 83.4 Å². The Morgan fingerprint density at radius 3 is 2.61 bits per heavy atom. The molecule has 4 rings (SSSR count). The summed E-state index contributed by atoms with van der Waals surface area (Å²) in [5, 5.41) is 3.41. The summed E-state index contributed by atoms with van der Waals surface area (Å²) in [5.74, 6) is 0.998. The standard InChI is InChI=1S/C24H21ClN2O4/c25-18-9-7-17(8-10-18)24(29)26-19-11-12-21-22(15-19)31-16-23(28)27(21)13-4-14-30-20-5-2-1-3-6-20/h1-3,5-12,15H,4,13-14,16H2,(H,26,29). The molecule has 158 valence electrons. The molecule has 0 aliphatic carbocycles. The fourth-order valence-corrected chi connectivity index (χ4v) is 3.39. The molecule has 7 heteroatoms. The molecule has 0 saturated heterocycles. The number of fused-ring (bicyclic) bond motifs is 1. The predicted octanol–water partition coefficient (Wildman–Crippen LogP) is 4.79. The second kappa shape index (κ2) is 9.53. The van der Waals surface area contributed by atoms with Crippen molar-refractivity contribution in [1.29, 1.82) is 0 Å². The summed E-state index contributed by atoms with van der Waals surface area (Å²) in [6.45, 7) is 0.971. The van der Waals surface area contributed by atoms with Gasteiger partial charge < -0.3 is 19.7 Å². The molecule has 0 bridgehead atoms. The number of carbonyl (C=O) groups is 2. The zero-order chi connectivity index (χ0) is 21.6. The van der Waals surface area contributed by atoms with E-state index in [0.29, 0.717) is 47.3 Å². The second-order valence-electron chi connectivity index (χ2n) is 6.99. The summed E-state index contributed by atoms with van der Waals surface area (Å²) in [4.78, 5) is 26.5. The van der Waals surface area contributed by atoms with Crippen molar-refractivity contribution >= 4 is 34.8 Å². The van der Waals surface area contributed by atoms with E-state index in [9.17, 15) is 9.59 Å². The van der Waals surface area contributed by atoms with E-state index in [2.05, 4.69) is 5.32 Å². The number of hydrogen-bond donors (Lipinski definition) is 1. The van der Waals surface area contributed by atoms with E-state index in [1.807, 2.05) is 30.3 Å². The molecule has 1 heterocycles. The van der Waals surface area contributed by atoms with Gasteiger partial charge in [-0.3, -0.25) is 9.59 Å². The highest BCUT2D eigenvalue weighted by atomic mass is 35.5. The summed E-state index contributed by atoms with van der Waals surface area (Å²) in [6.07, 6.45) is 0.676. The lowest BCUT2D eigenvalue weighted by atomic mass is 10.1. The van der Waals surface area contributed by atoms with Crippen LogP contribution in [0.1, 0.15) is 16.8 Å². The van der Waals surface area contributed by atoms with E-state index in [0.717, 1.165) is 5.75 Å². The molecule has 31 heavy (non-hydrogen) atoms. The molecule has 0 radical (unpaired) electrons. The first-order valence-corrected chi connectivity index (χ1v) is 10.3. The maximum absolute atomic E-state index is 12.4. The third-order valence-corrected chi connectivity index (χ3v) is 5.06. The van der Waals surface area contributed by atoms with Crippen LogP contribution in [0.25, 0.3) is 0 Å². The van der Waals surface area contributed by atoms with Crippen molar-refractivity contribution in [2.24, 2.45) is 0 Å². The van der Waals surface area contributed by atoms with Crippen LogP contribution in [0.3, 0.4) is 0 Å². The van der Waals surface area contributed by atoms with Crippen molar-refractivity contribution in [3.63, 3.8) is 0 Å². The van der Waals surface area contributed by atoms with Gasteiger partial charge in [0.05, 0.1) is 12.3 Å². The number of benzene rings is 3. The second-order valence-corrected chi connectivity index (χ2v) is 7.43. The summed E-state index contributed by atoms with van der Waals surface area (Å²) < 4.78 is 11.3. The van der Waals surface area contributed by atoms with Crippen molar-refractivity contribution < 1.29 is 19.1 Å². The van der Waals surface area contributed by atoms with Gasteiger partial charge in [-0.05, 0) is 55.0 Å². The number of halogens is 1. The number of carbonyl (C=O) groups excluding carboxylic acids is 2. The number of rotatable bonds is 7. The lowest BCUT2D eigenvalue weighted by molar-refractivity contribution is -0.121. The van der Waals surface area contributed by atoms with Gasteiger partial charge in [-0.15, -0.1) is 0 Å². The van der Waals surface area contributed by atoms with Gasteiger partial charge in [0.2, 0.25) is 0 Å². The minimum atomic E-state index is -0.251. The number of amides is 2. The maximum atomic E-state index is 12.4. The molecule has 0 atom stereocenters. The Hall–Kier alpha value is -3.51. The average Bonchev–Trinajstić information content (AvgIpc) is 2.79. The summed E-state index contributed by atoms with van der Waals surface area (Å²) in [5.41, 5.74) is 1.76. The van der Waals surface area contributed by atoms with Crippen LogP contribution in [-0.2, 0) is 4.79 Å². The minimum absolute atomic E-state index is 0.0405. The quantitative estimate of drug-likeness (QED) is 0.541. The van der Waals surface area contributed by atoms with Gasteiger partial charge in [-0.2, -0.15) is 0 Å². The normalized spacial score (nSPS) is 12.7. The molecule has 3 aromatic carbocycles. The van der Waals surface area contributed by atoms with Crippen molar-refractivity contribution in [3.8, 4) is 11.5 Å². The molecule has 6 nitrogen and oxygen atoms in total. The maximum Gasteiger partial charge on any atom is 0.265 e. The molecule has 3 aromatic rings. The van der Waals surface area contributed by atoms with Gasteiger partial charge in [-0.1, -0.05) is 29.8 Å². The first-order valence-electron chi connectivity index (χ1n) is 9.92. The van der Waals surface area contributed by atoms with Crippen LogP contribution in [0.4, 0.5) is 11.4 Å². The zero-order valence-corrected chi connectivity index (χ0v) is 17.5. The van der Waals surface area contributed by atoms with E-state index in [-0.39, 0.29) is 18.4 Å². The van der Waals surface area contributed by atoms with Crippen molar-refractivity contribution in [2.45, 2.75) is 6.42 Å². The Labute approximate surface area is 185 Å². The molecule has 2 amide bonds. The fourth-order valence-electron chi connectivity index (χ4n) is 3.26. The molecule has 0 saturated carbocycles. The van der Waals surface area contributed by atoms with E-state index < -0.39 is 0 Å². The summed E-state index contributed by atoms with van der Waals surface area (Å²) >= 11 is 5.87. The van der Waals surface area contributed by atoms with Crippen LogP contribution in [-0.4, -0.2) is 31.6 Å². The number of nitrogens with zero attached hydrogens (tertiary/aromatic N) is 1. The number of nitrogens with one attached hydrogen (secondary N) is 1. The SMILES string of the molecule is O=C(Nc1ccc2c(c1)OCC(=O)N2CCCOc1ccccc1)c1ccc(Cl)cc1. The molecular weight excluding hydrogens is 416 g/mol. The molecule has 1 aliphatic rings. The van der Waals surface area contributed by atoms with E-state index in [1.54, 1.807) is 47.4 Å². The van der Waals surface area contributed by atoms with Crippen LogP contribution in [0.2, 0.25) is 5.02 Å². The highest BCUT2D eigenvalue weighted by Gasteiger charge is 2.25. The number of para-hydroxylation sites is 1. The van der Waals surface area contributed by atoms with E-state index >= 15 is 0 Å². The van der Waals surface area contributed by atoms with E-state index in [4.69, 9.17) is 21.1 Å². The molecule has 0 spiro atoms. The van der Waals surface area contributed by atoms with Crippen LogP contribution in [0.15, 0.2) is 72.8 Å². The molecule has 1 aliphatic heterocycles. The summed E-state index contributed by atoms with van der Waals surface area (Å²) in [7, 11) is 0. The van der Waals surface area contributed by atoms with Crippen LogP contribution in [0, 0.1) is 0 Å². The van der Waals surface area contributed by atoms with Crippen molar-refractivity contribution in [2.75, 3.05) is 30.0 Å². The summed E-state index contributed by atoms with van der Waals surface area (Å²) in [6, 6.07) is 21.5. The Kier molecular flexibility index (Phi) is 6.38. The lowest BCUT2D eigenvalue weighted by Crippen LogP contribution is -2.39. The predicted molar refractivity (Wildman–Crippen MR) is 120 cm³/mol. The fraction of sp³-hybridized carbons (Fsp3) is 0.167. The first-order chi connectivity index (χ1) is 15.1. The third kappa shape index (κ3) is 5.16. The van der Waals surface area contributed by atoms with Gasteiger partial charge >= 0.3 is 0 Å². The Balaban J connectivity index is 1.39. The monoisotopic (exact) mass is 436 g/mol. The smallest absolute Gasteiger partial charge is 0.265 e. The number of ether oxygens (including phenoxy) is 2. The third-order valence-electron chi connectivity index (χ3n) is 4.81. The zero-order valence-electron chi connectivity index (χ0n) is 16.7. The molecule has 1 N–H and O–H groups in total. The van der Waals surface area contributed by atoms with Gasteiger partial charge in [0, 0.05) is 28.9 Å². The van der Waals surface area contributed by atoms with Gasteiger partial charge in [-0.25, -0.2) is 0 Å². The van der Waals surface area contributed by atoms with Crippen LogP contribution < -0.4 is 19.7 Å². The molecule has 0 unspecified atom stereocenters. The Morgan fingerprint density at radius 1 is 1.06 bits per heavy atom. The van der Waals surface area contributed by atoms with Gasteiger partial charge in [0.25, 0.3) is 11.8 Å². The highest BCUT2D eigenvalue weighted by molar-refractivity contribution is 6.30. The van der Waals surface area contributed by atoms with E-state index in [1.165, 1.54) is 0 Å². The molecular formula is C24H21ClN2O4. The van der Waals surface area contributed by atoms with Crippen LogP contribution in [0.5, 0.6) is 11.5 Å². The highest BCUT2D eigenvalue weighted by Crippen LogP contribution is 2.34. The van der Waals surface area contributed by atoms with Gasteiger partial charge in [0.15, 0.2) is 6.61 Å². The number of anilines is 2. The molecule has 0 fully saturated rings. The van der Waals surface area contributed by atoms with Crippen LogP contribution >= 0.6 is 11.6 Å². The van der Waals surface area contributed by atoms with Crippen molar-refractivity contribution in [1.82, 2.24) is 0 Å². The Bertz CT molecular complexity index is 1070. The Morgan fingerprint density at radius 2 is 1.84 bits per heavy atom. The first kappa shape index (κ1) is 20.8. The van der Waals surface area contributed by atoms with Gasteiger partial charge in [0.1, 0.15) is 11.5 Å². The minimum Gasteiger partial charge on any atom is -0.494 e. The largest absolute Gasteiger partial charge is 0.494 e. The molecule has 0 aromatic heterocycles. The lowest BCUT2D eigenvalue weighted by Gasteiger charge is -2.29. The number of hydrogen-bond acceptors (Lipinski definition) is 4. The topological polar surface area (TPSA) is 67.9 Å².